The van der Waals surface area contributed by atoms with E-state index in [-0.39, 0.29) is 0 Å². The first-order chi connectivity index (χ1) is 8.68. The first-order valence-electron chi connectivity index (χ1n) is 5.71. The van der Waals surface area contributed by atoms with Gasteiger partial charge in [-0.15, -0.1) is 11.3 Å². The highest BCUT2D eigenvalue weighted by molar-refractivity contribution is 9.10. The fraction of sp³-hybridized carbons (Fsp3) is 0.0667. The summed E-state index contributed by atoms with van der Waals surface area (Å²) in [5.74, 6) is 0. The zero-order valence-corrected chi connectivity index (χ0v) is 12.3. The smallest absolute Gasteiger partial charge is 0.0948 e. The molecule has 0 saturated carbocycles. The molecule has 0 unspecified atom stereocenters. The number of halogens is 1. The Morgan fingerprint density at radius 3 is 2.50 bits per heavy atom. The Bertz CT molecular complexity index is 716. The van der Waals surface area contributed by atoms with Crippen molar-refractivity contribution in [1.82, 2.24) is 0 Å². The average molecular weight is 318 g/mol. The summed E-state index contributed by atoms with van der Waals surface area (Å²) in [6, 6.07) is 14.5. The molecular formula is C15H12BrNS. The molecule has 3 heteroatoms. The van der Waals surface area contributed by atoms with Crippen molar-refractivity contribution in [1.29, 1.82) is 0 Å². The fourth-order valence-corrected chi connectivity index (χ4v) is 3.62. The molecule has 1 heterocycles. The van der Waals surface area contributed by atoms with Gasteiger partial charge in [-0.2, -0.15) is 0 Å². The van der Waals surface area contributed by atoms with Crippen LogP contribution in [0, 0.1) is 6.92 Å². The molecule has 0 aliphatic heterocycles. The van der Waals surface area contributed by atoms with Gasteiger partial charge in [-0.05, 0) is 30.2 Å². The summed E-state index contributed by atoms with van der Waals surface area (Å²) in [4.78, 5) is 0. The van der Waals surface area contributed by atoms with Crippen LogP contribution in [0.5, 0.6) is 0 Å². The van der Waals surface area contributed by atoms with E-state index in [2.05, 4.69) is 47.1 Å². The number of fused-ring (bicyclic) bond motifs is 1. The Kier molecular flexibility index (Phi) is 2.88. The third-order valence-corrected chi connectivity index (χ3v) is 4.98. The van der Waals surface area contributed by atoms with Crippen LogP contribution in [0.15, 0.2) is 46.9 Å². The molecule has 1 aromatic heterocycles. The molecule has 18 heavy (non-hydrogen) atoms. The Balaban J connectivity index is 2.42. The van der Waals surface area contributed by atoms with Gasteiger partial charge >= 0.3 is 0 Å². The Morgan fingerprint density at radius 1 is 1.06 bits per heavy atom. The van der Waals surface area contributed by atoms with E-state index in [4.69, 9.17) is 5.73 Å². The lowest BCUT2D eigenvalue weighted by Crippen LogP contribution is -1.85. The lowest BCUT2D eigenvalue weighted by Gasteiger charge is -2.05. The van der Waals surface area contributed by atoms with E-state index in [1.807, 2.05) is 18.2 Å². The molecule has 90 valence electrons. The number of hydrogen-bond acceptors (Lipinski definition) is 2. The molecule has 0 spiro atoms. The predicted molar refractivity (Wildman–Crippen MR) is 84.1 cm³/mol. The highest BCUT2D eigenvalue weighted by Gasteiger charge is 2.14. The summed E-state index contributed by atoms with van der Waals surface area (Å²) >= 11 is 5.25. The highest BCUT2D eigenvalue weighted by atomic mass is 79.9. The maximum absolute atomic E-state index is 6.21. The minimum Gasteiger partial charge on any atom is -0.390 e. The van der Waals surface area contributed by atoms with Crippen LogP contribution in [0.1, 0.15) is 5.56 Å². The van der Waals surface area contributed by atoms with Crippen LogP contribution in [0.3, 0.4) is 0 Å². The average Bonchev–Trinajstić information content (AvgIpc) is 2.72. The Morgan fingerprint density at radius 2 is 1.78 bits per heavy atom. The zero-order chi connectivity index (χ0) is 12.7. The van der Waals surface area contributed by atoms with Gasteiger partial charge in [0.15, 0.2) is 0 Å². The van der Waals surface area contributed by atoms with Gasteiger partial charge in [-0.1, -0.05) is 46.3 Å². The molecule has 0 aliphatic rings. The number of hydrogen-bond donors (Lipinski definition) is 1. The largest absolute Gasteiger partial charge is 0.390 e. The molecule has 2 N–H and O–H groups in total. The van der Waals surface area contributed by atoms with Crippen LogP contribution in [-0.2, 0) is 0 Å². The van der Waals surface area contributed by atoms with Crippen LogP contribution in [0.25, 0.3) is 21.2 Å². The van der Waals surface area contributed by atoms with E-state index >= 15 is 0 Å². The lowest BCUT2D eigenvalue weighted by atomic mass is 10.0. The van der Waals surface area contributed by atoms with E-state index in [1.54, 1.807) is 11.3 Å². The van der Waals surface area contributed by atoms with E-state index in [1.165, 1.54) is 21.2 Å². The van der Waals surface area contributed by atoms with Gasteiger partial charge in [0.2, 0.25) is 0 Å². The minimum absolute atomic E-state index is 0.886. The van der Waals surface area contributed by atoms with E-state index in [9.17, 15) is 0 Å². The number of nitrogen functional groups attached to an aromatic ring is 1. The monoisotopic (exact) mass is 317 g/mol. The van der Waals surface area contributed by atoms with Crippen LogP contribution >= 0.6 is 27.3 Å². The van der Waals surface area contributed by atoms with Gasteiger partial charge in [-0.3, -0.25) is 0 Å². The quantitative estimate of drug-likeness (QED) is 0.654. The van der Waals surface area contributed by atoms with Gasteiger partial charge in [0.05, 0.1) is 5.00 Å². The molecule has 1 nitrogen and oxygen atoms in total. The summed E-state index contributed by atoms with van der Waals surface area (Å²) in [7, 11) is 0. The third-order valence-electron chi connectivity index (χ3n) is 3.14. The number of anilines is 1. The van der Waals surface area contributed by atoms with Crippen molar-refractivity contribution in [2.75, 3.05) is 5.73 Å². The SMILES string of the molecule is Cc1c(Br)ccc2sc(N)c(-c3ccccc3)c12. The van der Waals surface area contributed by atoms with Crippen LogP contribution in [0.4, 0.5) is 5.00 Å². The van der Waals surface area contributed by atoms with Crippen molar-refractivity contribution >= 4 is 42.4 Å². The zero-order valence-electron chi connectivity index (χ0n) is 9.91. The number of nitrogens with two attached hydrogens (primary N) is 1. The molecule has 0 atom stereocenters. The number of thiophene rings is 1. The second-order valence-corrected chi connectivity index (χ2v) is 6.19. The molecule has 3 aromatic rings. The van der Waals surface area contributed by atoms with E-state index < -0.39 is 0 Å². The Labute approximate surface area is 118 Å². The molecule has 0 radical (unpaired) electrons. The topological polar surface area (TPSA) is 26.0 Å². The summed E-state index contributed by atoms with van der Waals surface area (Å²) in [5, 5.41) is 2.15. The maximum Gasteiger partial charge on any atom is 0.0948 e. The minimum atomic E-state index is 0.886. The molecule has 0 fully saturated rings. The standard InChI is InChI=1S/C15H12BrNS/c1-9-11(16)7-8-12-13(9)14(15(17)18-12)10-5-3-2-4-6-10/h2-8H,17H2,1H3. The van der Waals surface area contributed by atoms with E-state index in [0.29, 0.717) is 0 Å². The molecule has 3 rings (SSSR count). The van der Waals surface area contributed by atoms with Crippen molar-refractivity contribution in [3.63, 3.8) is 0 Å². The van der Waals surface area contributed by atoms with E-state index in [0.717, 1.165) is 15.0 Å². The summed E-state index contributed by atoms with van der Waals surface area (Å²) in [6.07, 6.45) is 0. The summed E-state index contributed by atoms with van der Waals surface area (Å²) in [6.45, 7) is 2.13. The second-order valence-electron chi connectivity index (χ2n) is 4.25. The molecule has 0 saturated heterocycles. The van der Waals surface area contributed by atoms with Gasteiger partial charge in [0.25, 0.3) is 0 Å². The normalized spacial score (nSPS) is 11.0. The van der Waals surface area contributed by atoms with Gasteiger partial charge in [0, 0.05) is 20.1 Å². The first kappa shape index (κ1) is 11.8. The third kappa shape index (κ3) is 1.74. The Hall–Kier alpha value is -1.32. The molecule has 0 amide bonds. The van der Waals surface area contributed by atoms with Crippen LogP contribution in [0.2, 0.25) is 0 Å². The highest BCUT2D eigenvalue weighted by Crippen LogP contribution is 2.43. The number of aryl methyl sites for hydroxylation is 1. The van der Waals surface area contributed by atoms with Gasteiger partial charge < -0.3 is 5.73 Å². The molecule has 0 aliphatic carbocycles. The maximum atomic E-state index is 6.21. The van der Waals surface area contributed by atoms with Crippen LogP contribution < -0.4 is 5.73 Å². The van der Waals surface area contributed by atoms with Crippen molar-refractivity contribution in [3.05, 3.63) is 52.5 Å². The van der Waals surface area contributed by atoms with Gasteiger partial charge in [-0.25, -0.2) is 0 Å². The second kappa shape index (κ2) is 4.41. The fourth-order valence-electron chi connectivity index (χ4n) is 2.24. The number of benzene rings is 2. The summed E-state index contributed by atoms with van der Waals surface area (Å²) in [5.41, 5.74) is 9.80. The predicted octanol–water partition coefficient (Wildman–Crippen LogP) is 5.22. The van der Waals surface area contributed by atoms with Crippen LogP contribution in [-0.4, -0.2) is 0 Å². The molecular weight excluding hydrogens is 306 g/mol. The van der Waals surface area contributed by atoms with Crippen molar-refractivity contribution in [2.24, 2.45) is 0 Å². The van der Waals surface area contributed by atoms with Crippen molar-refractivity contribution in [2.45, 2.75) is 6.92 Å². The molecule has 0 bridgehead atoms. The first-order valence-corrected chi connectivity index (χ1v) is 7.32. The lowest BCUT2D eigenvalue weighted by molar-refractivity contribution is 1.50. The molecule has 2 aromatic carbocycles. The number of rotatable bonds is 1. The van der Waals surface area contributed by atoms with Crippen molar-refractivity contribution < 1.29 is 0 Å². The van der Waals surface area contributed by atoms with Crippen molar-refractivity contribution in [3.8, 4) is 11.1 Å². The summed E-state index contributed by atoms with van der Waals surface area (Å²) < 4.78 is 2.37. The van der Waals surface area contributed by atoms with Gasteiger partial charge in [0.1, 0.15) is 0 Å².